The summed E-state index contributed by atoms with van der Waals surface area (Å²) in [6.45, 7) is 9.10. The summed E-state index contributed by atoms with van der Waals surface area (Å²) in [6.07, 6.45) is 1.11. The van der Waals surface area contributed by atoms with Gasteiger partial charge in [0, 0.05) is 30.6 Å². The number of piperazine rings is 1. The third-order valence-electron chi connectivity index (χ3n) is 4.21. The molecule has 2 rings (SSSR count). The van der Waals surface area contributed by atoms with E-state index >= 15 is 0 Å². The Kier molecular flexibility index (Phi) is 5.23. The highest BCUT2D eigenvalue weighted by Crippen LogP contribution is 2.30. The van der Waals surface area contributed by atoms with Crippen molar-refractivity contribution in [3.05, 3.63) is 16.1 Å². The quantitative estimate of drug-likeness (QED) is 0.795. The molecule has 5 heteroatoms. The van der Waals surface area contributed by atoms with Crippen molar-refractivity contribution < 1.29 is 0 Å². The van der Waals surface area contributed by atoms with E-state index in [4.69, 9.17) is 11.6 Å². The first-order chi connectivity index (χ1) is 9.06. The van der Waals surface area contributed by atoms with Gasteiger partial charge in [0.15, 0.2) is 0 Å². The van der Waals surface area contributed by atoms with Crippen LogP contribution in [0.2, 0.25) is 0 Å². The lowest BCUT2D eigenvalue weighted by molar-refractivity contribution is 0.0318. The van der Waals surface area contributed by atoms with Crippen LogP contribution in [0.25, 0.3) is 0 Å². The Bertz CT molecular complexity index is 397. The second-order valence-electron chi connectivity index (χ2n) is 5.55. The lowest BCUT2D eigenvalue weighted by Gasteiger charge is -2.45. The summed E-state index contributed by atoms with van der Waals surface area (Å²) in [6, 6.07) is 1.65. The zero-order chi connectivity index (χ0) is 14.0. The number of halogens is 1. The summed E-state index contributed by atoms with van der Waals surface area (Å²) in [5.74, 6) is 0.516. The summed E-state index contributed by atoms with van der Waals surface area (Å²) in [5, 5.41) is 3.32. The van der Waals surface area contributed by atoms with Crippen LogP contribution in [0, 0.1) is 0 Å². The average molecular weight is 302 g/mol. The van der Waals surface area contributed by atoms with Crippen LogP contribution in [-0.4, -0.2) is 47.0 Å². The van der Waals surface area contributed by atoms with Gasteiger partial charge in [-0.15, -0.1) is 22.9 Å². The van der Waals surface area contributed by atoms with Crippen molar-refractivity contribution in [3.8, 4) is 0 Å². The van der Waals surface area contributed by atoms with Crippen LogP contribution in [0.1, 0.15) is 43.9 Å². The van der Waals surface area contributed by atoms with Gasteiger partial charge in [-0.3, -0.25) is 9.80 Å². The standard InChI is InChI=1S/C14H24ClN3S/c1-5-13(14-16-12(6-15)9-19-14)18-7-10(2)17(4)11(3)8-18/h9-11,13H,5-8H2,1-4H3. The summed E-state index contributed by atoms with van der Waals surface area (Å²) < 4.78 is 0. The maximum absolute atomic E-state index is 5.86. The summed E-state index contributed by atoms with van der Waals surface area (Å²) in [4.78, 5) is 9.73. The van der Waals surface area contributed by atoms with Gasteiger partial charge < -0.3 is 0 Å². The zero-order valence-corrected chi connectivity index (χ0v) is 13.8. The van der Waals surface area contributed by atoms with E-state index in [1.807, 2.05) is 0 Å². The molecule has 0 radical (unpaired) electrons. The van der Waals surface area contributed by atoms with Crippen LogP contribution in [0.3, 0.4) is 0 Å². The molecule has 2 heterocycles. The lowest BCUT2D eigenvalue weighted by atomic mass is 10.1. The Morgan fingerprint density at radius 1 is 1.42 bits per heavy atom. The average Bonchev–Trinajstić information content (AvgIpc) is 2.85. The highest BCUT2D eigenvalue weighted by Gasteiger charge is 2.31. The minimum absolute atomic E-state index is 0.445. The lowest BCUT2D eigenvalue weighted by Crippen LogP contribution is -2.55. The van der Waals surface area contributed by atoms with Crippen LogP contribution >= 0.6 is 22.9 Å². The highest BCUT2D eigenvalue weighted by atomic mass is 35.5. The van der Waals surface area contributed by atoms with E-state index in [1.165, 1.54) is 5.01 Å². The van der Waals surface area contributed by atoms with Crippen LogP contribution in [0.4, 0.5) is 0 Å². The van der Waals surface area contributed by atoms with Crippen molar-refractivity contribution in [1.29, 1.82) is 0 Å². The first-order valence-corrected chi connectivity index (χ1v) is 8.44. The first kappa shape index (κ1) is 15.2. The topological polar surface area (TPSA) is 19.4 Å². The molecule has 19 heavy (non-hydrogen) atoms. The first-order valence-electron chi connectivity index (χ1n) is 7.03. The number of hydrogen-bond acceptors (Lipinski definition) is 4. The molecule has 1 aromatic rings. The highest BCUT2D eigenvalue weighted by molar-refractivity contribution is 7.09. The van der Waals surface area contributed by atoms with Gasteiger partial charge >= 0.3 is 0 Å². The van der Waals surface area contributed by atoms with E-state index in [0.717, 1.165) is 25.2 Å². The molecule has 0 N–H and O–H groups in total. The van der Waals surface area contributed by atoms with Gasteiger partial charge in [-0.25, -0.2) is 4.98 Å². The number of nitrogens with zero attached hydrogens (tertiary/aromatic N) is 3. The molecule has 1 fully saturated rings. The van der Waals surface area contributed by atoms with Crippen molar-refractivity contribution in [2.24, 2.45) is 0 Å². The van der Waals surface area contributed by atoms with E-state index in [9.17, 15) is 0 Å². The second kappa shape index (κ2) is 6.53. The molecule has 1 aromatic heterocycles. The number of likely N-dealkylation sites (N-methyl/N-ethyl adjacent to an activating group) is 1. The molecule has 0 aliphatic carbocycles. The van der Waals surface area contributed by atoms with Crippen LogP contribution in [0.15, 0.2) is 5.38 Å². The molecule has 0 bridgehead atoms. The SMILES string of the molecule is CCC(c1nc(CCl)cs1)N1CC(C)N(C)C(C)C1. The largest absolute Gasteiger partial charge is 0.298 e. The molecule has 1 saturated heterocycles. The normalized spacial score (nSPS) is 27.6. The fourth-order valence-electron chi connectivity index (χ4n) is 2.83. The molecule has 3 atom stereocenters. The molecular formula is C14H24ClN3S. The van der Waals surface area contributed by atoms with Gasteiger partial charge in [0.1, 0.15) is 5.01 Å². The smallest absolute Gasteiger partial charge is 0.110 e. The molecule has 0 amide bonds. The fraction of sp³-hybridized carbons (Fsp3) is 0.786. The van der Waals surface area contributed by atoms with Gasteiger partial charge in [0.05, 0.1) is 17.6 Å². The van der Waals surface area contributed by atoms with Gasteiger partial charge in [-0.2, -0.15) is 0 Å². The predicted molar refractivity (Wildman–Crippen MR) is 83.0 cm³/mol. The zero-order valence-electron chi connectivity index (χ0n) is 12.3. The van der Waals surface area contributed by atoms with Crippen LogP contribution in [-0.2, 0) is 5.88 Å². The molecular weight excluding hydrogens is 278 g/mol. The molecule has 0 aromatic carbocycles. The second-order valence-corrected chi connectivity index (χ2v) is 6.71. The molecule has 0 spiro atoms. The van der Waals surface area contributed by atoms with E-state index in [0.29, 0.717) is 24.0 Å². The Morgan fingerprint density at radius 2 is 2.05 bits per heavy atom. The molecule has 1 aliphatic rings. The van der Waals surface area contributed by atoms with Gasteiger partial charge in [0.25, 0.3) is 0 Å². The molecule has 3 unspecified atom stereocenters. The van der Waals surface area contributed by atoms with E-state index < -0.39 is 0 Å². The summed E-state index contributed by atoms with van der Waals surface area (Å²) in [7, 11) is 2.22. The van der Waals surface area contributed by atoms with Gasteiger partial charge in [-0.05, 0) is 27.3 Å². The Labute approximate surface area is 125 Å². The Hall–Kier alpha value is -0.160. The Morgan fingerprint density at radius 3 is 2.53 bits per heavy atom. The van der Waals surface area contributed by atoms with Crippen molar-refractivity contribution >= 4 is 22.9 Å². The minimum Gasteiger partial charge on any atom is -0.298 e. The number of aromatic nitrogens is 1. The van der Waals surface area contributed by atoms with Crippen molar-refractivity contribution in [3.63, 3.8) is 0 Å². The summed E-state index contributed by atoms with van der Waals surface area (Å²) in [5.41, 5.74) is 1.01. The van der Waals surface area contributed by atoms with Gasteiger partial charge in [-0.1, -0.05) is 6.92 Å². The van der Waals surface area contributed by atoms with E-state index in [1.54, 1.807) is 11.3 Å². The van der Waals surface area contributed by atoms with Crippen molar-refractivity contribution in [1.82, 2.24) is 14.8 Å². The van der Waals surface area contributed by atoms with Crippen LogP contribution < -0.4 is 0 Å². The van der Waals surface area contributed by atoms with Crippen LogP contribution in [0.5, 0.6) is 0 Å². The molecule has 1 aliphatic heterocycles. The Balaban J connectivity index is 2.13. The minimum atomic E-state index is 0.445. The van der Waals surface area contributed by atoms with E-state index in [2.05, 4.69) is 48.0 Å². The van der Waals surface area contributed by atoms with Crippen molar-refractivity contribution in [2.45, 2.75) is 51.2 Å². The molecule has 0 saturated carbocycles. The maximum Gasteiger partial charge on any atom is 0.110 e. The number of thiazole rings is 1. The third kappa shape index (κ3) is 3.30. The monoisotopic (exact) mass is 301 g/mol. The third-order valence-corrected chi connectivity index (χ3v) is 5.48. The predicted octanol–water partition coefficient (Wildman–Crippen LogP) is 3.36. The molecule has 108 valence electrons. The fourth-order valence-corrected chi connectivity index (χ4v) is 4.09. The summed E-state index contributed by atoms with van der Waals surface area (Å²) >= 11 is 7.62. The number of hydrogen-bond donors (Lipinski definition) is 0. The van der Waals surface area contributed by atoms with Gasteiger partial charge in [0.2, 0.25) is 0 Å². The maximum atomic E-state index is 5.86. The van der Waals surface area contributed by atoms with E-state index in [-0.39, 0.29) is 0 Å². The number of rotatable bonds is 4. The number of alkyl halides is 1. The molecule has 3 nitrogen and oxygen atoms in total. The van der Waals surface area contributed by atoms with Crippen molar-refractivity contribution in [2.75, 3.05) is 20.1 Å².